The van der Waals surface area contributed by atoms with Crippen molar-refractivity contribution in [2.24, 2.45) is 0 Å². The molecule has 0 heterocycles. The van der Waals surface area contributed by atoms with Crippen LogP contribution in [0.4, 0.5) is 0 Å². The highest BCUT2D eigenvalue weighted by Crippen LogP contribution is 2.26. The molecule has 3 rings (SSSR count). The molecule has 4 nitrogen and oxygen atoms in total. The number of benzene rings is 3. The van der Waals surface area contributed by atoms with Gasteiger partial charge in [0.05, 0.1) is 19.3 Å². The number of nitrogens with one attached hydrogen (secondary N) is 1. The van der Waals surface area contributed by atoms with Gasteiger partial charge in [0.25, 0.3) is 5.91 Å². The highest BCUT2D eigenvalue weighted by atomic mass is 16.5. The third-order valence-electron chi connectivity index (χ3n) is 4.00. The topological polar surface area (TPSA) is 47.6 Å². The normalized spacial score (nSPS) is 10.5. The van der Waals surface area contributed by atoms with E-state index in [1.54, 1.807) is 7.11 Å². The third kappa shape index (κ3) is 3.91. The Kier molecular flexibility index (Phi) is 5.19. The Balaban J connectivity index is 1.75. The largest absolute Gasteiger partial charge is 0.496 e. The van der Waals surface area contributed by atoms with Gasteiger partial charge in [0, 0.05) is 6.54 Å². The first-order valence-electron chi connectivity index (χ1n) is 8.28. The predicted octanol–water partition coefficient (Wildman–Crippen LogP) is 4.18. The highest BCUT2D eigenvalue weighted by molar-refractivity contribution is 6.01. The lowest BCUT2D eigenvalue weighted by atomic mass is 10.1. The summed E-state index contributed by atoms with van der Waals surface area (Å²) in [6, 6.07) is 19.4. The molecule has 1 N–H and O–H groups in total. The molecule has 25 heavy (non-hydrogen) atoms. The summed E-state index contributed by atoms with van der Waals surface area (Å²) in [6.45, 7) is 3.03. The number of methoxy groups -OCH3 is 1. The zero-order valence-electron chi connectivity index (χ0n) is 14.4. The van der Waals surface area contributed by atoms with Gasteiger partial charge in [0.15, 0.2) is 0 Å². The minimum atomic E-state index is -0.156. The summed E-state index contributed by atoms with van der Waals surface area (Å²) in [5, 5.41) is 5.00. The van der Waals surface area contributed by atoms with E-state index in [0.29, 0.717) is 24.5 Å². The smallest absolute Gasteiger partial charge is 0.255 e. The Hall–Kier alpha value is -3.01. The van der Waals surface area contributed by atoms with Crippen LogP contribution in [0.15, 0.2) is 60.7 Å². The van der Waals surface area contributed by atoms with Crippen molar-refractivity contribution in [3.05, 3.63) is 71.8 Å². The van der Waals surface area contributed by atoms with Crippen molar-refractivity contribution in [1.29, 1.82) is 0 Å². The van der Waals surface area contributed by atoms with Crippen LogP contribution in [0.1, 0.15) is 22.8 Å². The van der Waals surface area contributed by atoms with Crippen molar-refractivity contribution < 1.29 is 14.3 Å². The quantitative estimate of drug-likeness (QED) is 0.735. The molecule has 0 fully saturated rings. The second kappa shape index (κ2) is 7.71. The molecule has 0 aliphatic rings. The number of hydrogen-bond acceptors (Lipinski definition) is 3. The number of rotatable bonds is 6. The van der Waals surface area contributed by atoms with Crippen molar-refractivity contribution in [2.45, 2.75) is 13.5 Å². The molecule has 0 bridgehead atoms. The number of fused-ring (bicyclic) bond motifs is 1. The molecule has 0 radical (unpaired) electrons. The van der Waals surface area contributed by atoms with Crippen LogP contribution in [0.2, 0.25) is 0 Å². The maximum absolute atomic E-state index is 12.6. The second-order valence-corrected chi connectivity index (χ2v) is 5.66. The van der Waals surface area contributed by atoms with Gasteiger partial charge in [-0.05, 0) is 47.5 Å². The summed E-state index contributed by atoms with van der Waals surface area (Å²) in [5.74, 6) is 1.24. The zero-order valence-corrected chi connectivity index (χ0v) is 14.4. The van der Waals surface area contributed by atoms with Gasteiger partial charge >= 0.3 is 0 Å². The average Bonchev–Trinajstić information content (AvgIpc) is 2.66. The molecular formula is C21H21NO3. The number of carbonyl (C=O) groups excluding carboxylic acids is 1. The fraction of sp³-hybridized carbons (Fsp3) is 0.190. The highest BCUT2D eigenvalue weighted by Gasteiger charge is 2.13. The Morgan fingerprint density at radius 2 is 1.68 bits per heavy atom. The van der Waals surface area contributed by atoms with E-state index >= 15 is 0 Å². The van der Waals surface area contributed by atoms with Crippen molar-refractivity contribution >= 4 is 16.7 Å². The van der Waals surface area contributed by atoms with Crippen molar-refractivity contribution in [3.8, 4) is 11.5 Å². The molecule has 0 aliphatic carbocycles. The van der Waals surface area contributed by atoms with Gasteiger partial charge in [0.1, 0.15) is 11.5 Å². The van der Waals surface area contributed by atoms with Gasteiger partial charge in [-0.25, -0.2) is 0 Å². The monoisotopic (exact) mass is 335 g/mol. The standard InChI is InChI=1S/C21H21NO3/c1-3-25-18-10-8-15(9-11-18)14-22-21(23)19-12-16-6-4-5-7-17(16)13-20(19)24-2/h4-13H,3,14H2,1-2H3,(H,22,23). The lowest BCUT2D eigenvalue weighted by Gasteiger charge is -2.11. The first-order chi connectivity index (χ1) is 12.2. The van der Waals surface area contributed by atoms with Crippen LogP contribution in [-0.2, 0) is 6.54 Å². The number of hydrogen-bond donors (Lipinski definition) is 1. The minimum absolute atomic E-state index is 0.156. The molecule has 0 spiro atoms. The lowest BCUT2D eigenvalue weighted by molar-refractivity contribution is 0.0948. The molecule has 3 aromatic carbocycles. The van der Waals surface area contributed by atoms with Gasteiger partial charge < -0.3 is 14.8 Å². The SMILES string of the molecule is CCOc1ccc(CNC(=O)c2cc3ccccc3cc2OC)cc1. The van der Waals surface area contributed by atoms with Crippen molar-refractivity contribution in [3.63, 3.8) is 0 Å². The average molecular weight is 335 g/mol. The number of carbonyl (C=O) groups is 1. The lowest BCUT2D eigenvalue weighted by Crippen LogP contribution is -2.23. The molecule has 0 unspecified atom stereocenters. The maximum Gasteiger partial charge on any atom is 0.255 e. The van der Waals surface area contributed by atoms with E-state index in [9.17, 15) is 4.79 Å². The summed E-state index contributed by atoms with van der Waals surface area (Å²) >= 11 is 0. The summed E-state index contributed by atoms with van der Waals surface area (Å²) in [5.41, 5.74) is 1.55. The molecule has 0 aromatic heterocycles. The molecular weight excluding hydrogens is 314 g/mol. The fourth-order valence-corrected chi connectivity index (χ4v) is 2.71. The van der Waals surface area contributed by atoms with E-state index in [-0.39, 0.29) is 5.91 Å². The van der Waals surface area contributed by atoms with Gasteiger partial charge in [-0.2, -0.15) is 0 Å². The van der Waals surface area contributed by atoms with Crippen LogP contribution in [0.3, 0.4) is 0 Å². The molecule has 1 amide bonds. The van der Waals surface area contributed by atoms with Gasteiger partial charge in [-0.3, -0.25) is 4.79 Å². The van der Waals surface area contributed by atoms with E-state index < -0.39 is 0 Å². The van der Waals surface area contributed by atoms with Crippen molar-refractivity contribution in [1.82, 2.24) is 5.32 Å². The first-order valence-corrected chi connectivity index (χ1v) is 8.28. The Labute approximate surface area is 147 Å². The van der Waals surface area contributed by atoms with Gasteiger partial charge in [0.2, 0.25) is 0 Å². The zero-order chi connectivity index (χ0) is 17.6. The summed E-state index contributed by atoms with van der Waals surface area (Å²) < 4.78 is 10.8. The number of amides is 1. The molecule has 4 heteroatoms. The van der Waals surface area contributed by atoms with E-state index in [4.69, 9.17) is 9.47 Å². The Morgan fingerprint density at radius 1 is 1.00 bits per heavy atom. The predicted molar refractivity (Wildman–Crippen MR) is 99.3 cm³/mol. The van der Waals surface area contributed by atoms with Crippen molar-refractivity contribution in [2.75, 3.05) is 13.7 Å². The van der Waals surface area contributed by atoms with Gasteiger partial charge in [-0.1, -0.05) is 36.4 Å². The molecule has 3 aromatic rings. The Morgan fingerprint density at radius 3 is 2.32 bits per heavy atom. The molecule has 0 saturated carbocycles. The van der Waals surface area contributed by atoms with Crippen LogP contribution < -0.4 is 14.8 Å². The van der Waals surface area contributed by atoms with Crippen LogP contribution >= 0.6 is 0 Å². The summed E-state index contributed by atoms with van der Waals surface area (Å²) in [4.78, 5) is 12.6. The summed E-state index contributed by atoms with van der Waals surface area (Å²) in [6.07, 6.45) is 0. The maximum atomic E-state index is 12.6. The van der Waals surface area contributed by atoms with Crippen LogP contribution in [0.25, 0.3) is 10.8 Å². The molecule has 0 saturated heterocycles. The van der Waals surface area contributed by atoms with E-state index in [1.807, 2.05) is 67.6 Å². The minimum Gasteiger partial charge on any atom is -0.496 e. The van der Waals surface area contributed by atoms with E-state index in [0.717, 1.165) is 22.1 Å². The van der Waals surface area contributed by atoms with Crippen LogP contribution in [-0.4, -0.2) is 19.6 Å². The first kappa shape index (κ1) is 16.8. The summed E-state index contributed by atoms with van der Waals surface area (Å²) in [7, 11) is 1.58. The van der Waals surface area contributed by atoms with Gasteiger partial charge in [-0.15, -0.1) is 0 Å². The van der Waals surface area contributed by atoms with E-state index in [2.05, 4.69) is 5.32 Å². The fourth-order valence-electron chi connectivity index (χ4n) is 2.71. The van der Waals surface area contributed by atoms with Crippen LogP contribution in [0, 0.1) is 0 Å². The molecule has 128 valence electrons. The number of ether oxygens (including phenoxy) is 2. The third-order valence-corrected chi connectivity index (χ3v) is 4.00. The van der Waals surface area contributed by atoms with E-state index in [1.165, 1.54) is 0 Å². The molecule has 0 atom stereocenters. The molecule has 0 aliphatic heterocycles. The van der Waals surface area contributed by atoms with Crippen LogP contribution in [0.5, 0.6) is 11.5 Å². The second-order valence-electron chi connectivity index (χ2n) is 5.66. The Bertz CT molecular complexity index is 872.